The Morgan fingerprint density at radius 3 is 2.62 bits per heavy atom. The standard InChI is InChI=1S/C19H17Cl2N3O3S2/c20-12-4-6-15(7-5-12)24-17-11-29(26,27)10-16(17)23-19(24)28-9-18(25)22-14-3-1-2-13(21)8-14/h1-8,16-17H,9-11H2,(H,22,25)/t16-,17+/m0/s1. The number of halogens is 2. The minimum absolute atomic E-state index is 0.0283. The summed E-state index contributed by atoms with van der Waals surface area (Å²) in [4.78, 5) is 18.9. The van der Waals surface area contributed by atoms with Crippen LogP contribution in [0.2, 0.25) is 10.0 Å². The SMILES string of the molecule is O=C(CSC1=N[C@H]2CS(=O)(=O)C[C@H]2N1c1ccc(Cl)cc1)Nc1cccc(Cl)c1. The summed E-state index contributed by atoms with van der Waals surface area (Å²) >= 11 is 13.2. The molecule has 2 aliphatic rings. The van der Waals surface area contributed by atoms with E-state index in [1.807, 2.05) is 17.0 Å². The third kappa shape index (κ3) is 4.71. The maximum atomic E-state index is 12.4. The lowest BCUT2D eigenvalue weighted by Gasteiger charge is -2.26. The molecule has 0 saturated carbocycles. The van der Waals surface area contributed by atoms with Crippen LogP contribution in [0, 0.1) is 0 Å². The second kappa shape index (κ2) is 8.18. The predicted molar refractivity (Wildman–Crippen MR) is 120 cm³/mol. The van der Waals surface area contributed by atoms with E-state index in [1.54, 1.807) is 36.4 Å². The van der Waals surface area contributed by atoms with Crippen LogP contribution in [0.3, 0.4) is 0 Å². The van der Waals surface area contributed by atoms with Crippen LogP contribution < -0.4 is 10.2 Å². The zero-order valence-electron chi connectivity index (χ0n) is 15.1. The van der Waals surface area contributed by atoms with Gasteiger partial charge in [0.25, 0.3) is 0 Å². The normalized spacial score (nSPS) is 22.3. The van der Waals surface area contributed by atoms with Crippen LogP contribution in [0.15, 0.2) is 53.5 Å². The zero-order chi connectivity index (χ0) is 20.6. The van der Waals surface area contributed by atoms with E-state index in [2.05, 4.69) is 10.3 Å². The Bertz CT molecular complexity index is 1070. The predicted octanol–water partition coefficient (Wildman–Crippen LogP) is 3.71. The molecule has 10 heteroatoms. The first kappa shape index (κ1) is 20.5. The molecule has 0 bridgehead atoms. The highest BCUT2D eigenvalue weighted by Crippen LogP contribution is 2.35. The van der Waals surface area contributed by atoms with Crippen molar-refractivity contribution in [1.29, 1.82) is 0 Å². The minimum atomic E-state index is -3.13. The summed E-state index contributed by atoms with van der Waals surface area (Å²) in [5.41, 5.74) is 1.43. The van der Waals surface area contributed by atoms with E-state index in [0.717, 1.165) is 5.69 Å². The Morgan fingerprint density at radius 1 is 1.14 bits per heavy atom. The van der Waals surface area contributed by atoms with Crippen molar-refractivity contribution < 1.29 is 13.2 Å². The van der Waals surface area contributed by atoms with Crippen molar-refractivity contribution in [3.63, 3.8) is 0 Å². The summed E-state index contributed by atoms with van der Waals surface area (Å²) in [7, 11) is -3.13. The fourth-order valence-electron chi connectivity index (χ4n) is 3.43. The smallest absolute Gasteiger partial charge is 0.234 e. The number of hydrogen-bond donors (Lipinski definition) is 1. The third-order valence-electron chi connectivity index (χ3n) is 4.65. The van der Waals surface area contributed by atoms with E-state index in [0.29, 0.717) is 20.9 Å². The molecule has 1 N–H and O–H groups in total. The van der Waals surface area contributed by atoms with E-state index in [1.165, 1.54) is 11.8 Å². The van der Waals surface area contributed by atoms with Crippen molar-refractivity contribution in [1.82, 2.24) is 0 Å². The van der Waals surface area contributed by atoms with E-state index < -0.39 is 9.84 Å². The van der Waals surface area contributed by atoms with Gasteiger partial charge in [0, 0.05) is 21.4 Å². The first-order chi connectivity index (χ1) is 13.8. The van der Waals surface area contributed by atoms with Crippen molar-refractivity contribution >= 4 is 67.3 Å². The van der Waals surface area contributed by atoms with Crippen molar-refractivity contribution in [3.05, 3.63) is 58.6 Å². The Balaban J connectivity index is 1.50. The summed E-state index contributed by atoms with van der Waals surface area (Å²) in [6, 6.07) is 13.5. The number of amides is 1. The van der Waals surface area contributed by atoms with E-state index in [-0.39, 0.29) is 35.2 Å². The van der Waals surface area contributed by atoms with Crippen LogP contribution in [0.4, 0.5) is 11.4 Å². The van der Waals surface area contributed by atoms with E-state index in [9.17, 15) is 13.2 Å². The van der Waals surface area contributed by atoms with Gasteiger partial charge >= 0.3 is 0 Å². The molecule has 4 rings (SSSR count). The molecule has 0 unspecified atom stereocenters. The number of benzene rings is 2. The van der Waals surface area contributed by atoms with Crippen LogP contribution in [0.1, 0.15) is 0 Å². The zero-order valence-corrected chi connectivity index (χ0v) is 18.2. The van der Waals surface area contributed by atoms with E-state index >= 15 is 0 Å². The lowest BCUT2D eigenvalue weighted by Crippen LogP contribution is -2.39. The average molecular weight is 470 g/mol. The molecule has 1 saturated heterocycles. The van der Waals surface area contributed by atoms with Crippen molar-refractivity contribution in [3.8, 4) is 0 Å². The van der Waals surface area contributed by atoms with Crippen LogP contribution in [-0.4, -0.2) is 48.8 Å². The molecule has 152 valence electrons. The molecular formula is C19H17Cl2N3O3S2. The summed E-state index contributed by atoms with van der Waals surface area (Å²) in [6.07, 6.45) is 0. The number of nitrogens with zero attached hydrogens (tertiary/aromatic N) is 2. The molecule has 0 aliphatic carbocycles. The van der Waals surface area contributed by atoms with Crippen molar-refractivity contribution in [2.75, 3.05) is 27.5 Å². The molecule has 29 heavy (non-hydrogen) atoms. The summed E-state index contributed by atoms with van der Waals surface area (Å²) in [5, 5.41) is 4.57. The summed E-state index contributed by atoms with van der Waals surface area (Å²) < 4.78 is 24.2. The third-order valence-corrected chi connectivity index (χ3v) is 7.81. The van der Waals surface area contributed by atoms with Gasteiger partial charge in [0.2, 0.25) is 5.91 Å². The van der Waals surface area contributed by atoms with Gasteiger partial charge in [0.1, 0.15) is 0 Å². The lowest BCUT2D eigenvalue weighted by molar-refractivity contribution is -0.113. The minimum Gasteiger partial charge on any atom is -0.325 e. The number of carbonyl (C=O) groups is 1. The second-order valence-corrected chi connectivity index (χ2v) is 10.8. The van der Waals surface area contributed by atoms with Crippen LogP contribution in [0.25, 0.3) is 0 Å². The fraction of sp³-hybridized carbons (Fsp3) is 0.263. The largest absolute Gasteiger partial charge is 0.325 e. The van der Waals surface area contributed by atoms with Gasteiger partial charge in [-0.05, 0) is 42.5 Å². The number of aliphatic imine (C=N–C) groups is 1. The molecule has 0 aromatic heterocycles. The number of sulfone groups is 1. The number of carbonyl (C=O) groups excluding carboxylic acids is 1. The van der Waals surface area contributed by atoms with Gasteiger partial charge < -0.3 is 10.2 Å². The highest BCUT2D eigenvalue weighted by Gasteiger charge is 2.47. The molecule has 2 atom stereocenters. The van der Waals surface area contributed by atoms with Crippen molar-refractivity contribution in [2.45, 2.75) is 12.1 Å². The monoisotopic (exact) mass is 469 g/mol. The highest BCUT2D eigenvalue weighted by molar-refractivity contribution is 8.14. The molecule has 2 aromatic carbocycles. The number of thioether (sulfide) groups is 1. The number of amidine groups is 1. The average Bonchev–Trinajstić information content (AvgIpc) is 3.12. The van der Waals surface area contributed by atoms with Crippen LogP contribution in [0.5, 0.6) is 0 Å². The lowest BCUT2D eigenvalue weighted by atomic mass is 10.1. The Kier molecular flexibility index (Phi) is 5.79. The molecule has 2 aliphatic heterocycles. The first-order valence-electron chi connectivity index (χ1n) is 8.82. The quantitative estimate of drug-likeness (QED) is 0.737. The number of anilines is 2. The van der Waals surface area contributed by atoms with Gasteiger partial charge in [-0.15, -0.1) is 0 Å². The molecule has 0 radical (unpaired) electrons. The molecule has 1 amide bonds. The molecule has 1 fully saturated rings. The Labute approximate surface area is 183 Å². The maximum Gasteiger partial charge on any atom is 0.234 e. The Morgan fingerprint density at radius 2 is 1.90 bits per heavy atom. The van der Waals surface area contributed by atoms with Crippen molar-refractivity contribution in [2.24, 2.45) is 4.99 Å². The molecule has 2 heterocycles. The summed E-state index contributed by atoms with van der Waals surface area (Å²) in [6.45, 7) is 0. The molecule has 6 nitrogen and oxygen atoms in total. The molecular weight excluding hydrogens is 453 g/mol. The topological polar surface area (TPSA) is 78.8 Å². The molecule has 2 aromatic rings. The van der Waals surface area contributed by atoms with Crippen LogP contribution >= 0.6 is 35.0 Å². The summed E-state index contributed by atoms with van der Waals surface area (Å²) in [5.74, 6) is 0.0192. The Hall–Kier alpha value is -1.74. The van der Waals surface area contributed by atoms with Crippen LogP contribution in [-0.2, 0) is 14.6 Å². The maximum absolute atomic E-state index is 12.4. The number of hydrogen-bond acceptors (Lipinski definition) is 6. The molecule has 0 spiro atoms. The van der Waals surface area contributed by atoms with Gasteiger partial charge in [0.15, 0.2) is 15.0 Å². The van der Waals surface area contributed by atoms with Gasteiger partial charge in [0.05, 0.1) is 29.3 Å². The fourth-order valence-corrected chi connectivity index (χ4v) is 6.51. The van der Waals surface area contributed by atoms with Gasteiger partial charge in [-0.25, -0.2) is 8.42 Å². The number of fused-ring (bicyclic) bond motifs is 1. The number of nitrogens with one attached hydrogen (secondary N) is 1. The van der Waals surface area contributed by atoms with Gasteiger partial charge in [-0.3, -0.25) is 9.79 Å². The first-order valence-corrected chi connectivity index (χ1v) is 12.4. The van der Waals surface area contributed by atoms with Gasteiger partial charge in [-0.1, -0.05) is 41.0 Å². The second-order valence-electron chi connectivity index (χ2n) is 6.82. The van der Waals surface area contributed by atoms with Gasteiger partial charge in [-0.2, -0.15) is 0 Å². The highest BCUT2D eigenvalue weighted by atomic mass is 35.5. The number of rotatable bonds is 4. The van der Waals surface area contributed by atoms with E-state index in [4.69, 9.17) is 23.2 Å².